The van der Waals surface area contributed by atoms with E-state index >= 15 is 0 Å². The van der Waals surface area contributed by atoms with Crippen LogP contribution in [-0.2, 0) is 17.1 Å². The zero-order chi connectivity index (χ0) is 21.5. The fourth-order valence-corrected chi connectivity index (χ4v) is 5.15. The molecule has 1 aromatic carbocycles. The number of carbonyl (C=O) groups excluding carboxylic acids is 2. The highest BCUT2D eigenvalue weighted by Crippen LogP contribution is 2.29. The van der Waals surface area contributed by atoms with Crippen LogP contribution >= 0.6 is 34.4 Å². The van der Waals surface area contributed by atoms with Crippen LogP contribution in [0, 0.1) is 0 Å². The van der Waals surface area contributed by atoms with Gasteiger partial charge in [-0.25, -0.2) is 4.98 Å². The van der Waals surface area contributed by atoms with Crippen LogP contribution in [0.1, 0.15) is 21.7 Å². The summed E-state index contributed by atoms with van der Waals surface area (Å²) in [4.78, 5) is 30.0. The van der Waals surface area contributed by atoms with E-state index < -0.39 is 0 Å². The number of thiophene rings is 1. The van der Waals surface area contributed by atoms with Crippen molar-refractivity contribution >= 4 is 57.1 Å². The highest BCUT2D eigenvalue weighted by Gasteiger charge is 2.12. The lowest BCUT2D eigenvalue weighted by Gasteiger charge is -2.07. The number of amides is 2. The Balaban J connectivity index is 1.30. The molecule has 4 aromatic rings. The zero-order valence-electron chi connectivity index (χ0n) is 16.2. The van der Waals surface area contributed by atoms with Gasteiger partial charge < -0.3 is 9.88 Å². The van der Waals surface area contributed by atoms with Crippen molar-refractivity contribution in [3.05, 3.63) is 70.9 Å². The van der Waals surface area contributed by atoms with Crippen LogP contribution < -0.4 is 10.6 Å². The van der Waals surface area contributed by atoms with Gasteiger partial charge in [0, 0.05) is 47.2 Å². The van der Waals surface area contributed by atoms with Crippen LogP contribution in [0.3, 0.4) is 0 Å². The molecule has 0 bridgehead atoms. The first-order chi connectivity index (χ1) is 15.2. The zero-order valence-corrected chi connectivity index (χ0v) is 18.7. The Morgan fingerprint density at radius 3 is 2.87 bits per heavy atom. The first-order valence-corrected chi connectivity index (χ1v) is 12.0. The largest absolute Gasteiger partial charge is 0.337 e. The second kappa shape index (κ2) is 10.3. The molecule has 8 nitrogen and oxygen atoms in total. The van der Waals surface area contributed by atoms with E-state index in [1.807, 2.05) is 16.0 Å². The first-order valence-electron chi connectivity index (χ1n) is 9.31. The number of anilines is 2. The number of aromatic nitrogens is 4. The lowest BCUT2D eigenvalue weighted by Crippen LogP contribution is -2.15. The highest BCUT2D eigenvalue weighted by molar-refractivity contribution is 8.00. The van der Waals surface area contributed by atoms with Crippen molar-refractivity contribution in [1.29, 1.82) is 0 Å². The molecule has 4 rings (SSSR count). The summed E-state index contributed by atoms with van der Waals surface area (Å²) in [6.45, 7) is 0.538. The third-order valence-corrected chi connectivity index (χ3v) is 7.19. The minimum atomic E-state index is -0.305. The molecule has 0 unspecified atom stereocenters. The fourth-order valence-electron chi connectivity index (χ4n) is 2.63. The van der Waals surface area contributed by atoms with Crippen molar-refractivity contribution in [2.45, 2.75) is 23.1 Å². The van der Waals surface area contributed by atoms with Crippen LogP contribution in [0.2, 0.25) is 0 Å². The number of benzene rings is 1. The monoisotopic (exact) mass is 470 g/mol. The van der Waals surface area contributed by atoms with Crippen LogP contribution in [0.15, 0.2) is 64.8 Å². The number of thioether (sulfide) groups is 1. The van der Waals surface area contributed by atoms with Gasteiger partial charge in [-0.15, -0.1) is 21.5 Å². The van der Waals surface area contributed by atoms with Gasteiger partial charge in [-0.1, -0.05) is 35.2 Å². The molecule has 2 amide bonds. The maximum Gasteiger partial charge on any atom is 0.257 e. The van der Waals surface area contributed by atoms with Gasteiger partial charge in [-0.3, -0.25) is 14.9 Å². The lowest BCUT2D eigenvalue weighted by atomic mass is 10.2. The summed E-state index contributed by atoms with van der Waals surface area (Å²) in [6, 6.07) is 10.9. The maximum absolute atomic E-state index is 12.6. The maximum atomic E-state index is 12.6. The molecule has 0 saturated carbocycles. The van der Waals surface area contributed by atoms with Crippen molar-refractivity contribution in [2.75, 3.05) is 10.6 Å². The number of imidazole rings is 1. The quantitative estimate of drug-likeness (QED) is 0.278. The van der Waals surface area contributed by atoms with E-state index in [4.69, 9.17) is 0 Å². The van der Waals surface area contributed by atoms with Gasteiger partial charge in [-0.05, 0) is 29.6 Å². The van der Waals surface area contributed by atoms with E-state index in [1.54, 1.807) is 66.1 Å². The molecule has 0 aliphatic carbocycles. The molecule has 0 spiro atoms. The second-order valence-electron chi connectivity index (χ2n) is 6.37. The Kier molecular flexibility index (Phi) is 7.07. The molecule has 0 atom stereocenters. The van der Waals surface area contributed by atoms with E-state index in [1.165, 1.54) is 16.2 Å². The summed E-state index contributed by atoms with van der Waals surface area (Å²) in [5, 5.41) is 16.2. The molecule has 31 heavy (non-hydrogen) atoms. The fraction of sp³-hybridized carbons (Fsp3) is 0.150. The number of carbonyl (C=O) groups is 2. The Hall–Kier alpha value is -3.02. The Labute approximate surface area is 190 Å². The van der Waals surface area contributed by atoms with Crippen LogP contribution in [-0.4, -0.2) is 31.6 Å². The smallest absolute Gasteiger partial charge is 0.257 e. The minimum absolute atomic E-state index is 0.136. The van der Waals surface area contributed by atoms with Gasteiger partial charge in [0.25, 0.3) is 5.91 Å². The Bertz CT molecular complexity index is 1140. The lowest BCUT2D eigenvalue weighted by molar-refractivity contribution is -0.116. The second-order valence-corrected chi connectivity index (χ2v) is 9.61. The van der Waals surface area contributed by atoms with Crippen LogP contribution in [0.25, 0.3) is 0 Å². The molecule has 0 fully saturated rings. The Morgan fingerprint density at radius 2 is 2.06 bits per heavy atom. The summed E-state index contributed by atoms with van der Waals surface area (Å²) in [5.74, 6) is 0.381. The average molecular weight is 471 g/mol. The van der Waals surface area contributed by atoms with E-state index in [0.717, 1.165) is 10.1 Å². The molecule has 0 aliphatic heterocycles. The number of rotatable bonds is 9. The summed E-state index contributed by atoms with van der Waals surface area (Å²) in [6.07, 6.45) is 5.45. The molecule has 11 heteroatoms. The minimum Gasteiger partial charge on any atom is -0.337 e. The number of hydrogen-bond donors (Lipinski definition) is 2. The summed E-state index contributed by atoms with van der Waals surface area (Å²) >= 11 is 4.62. The van der Waals surface area contributed by atoms with Crippen molar-refractivity contribution < 1.29 is 9.59 Å². The molecular formula is C20H18N6O2S3. The van der Waals surface area contributed by atoms with Crippen LogP contribution in [0.4, 0.5) is 10.8 Å². The third kappa shape index (κ3) is 6.23. The average Bonchev–Trinajstić information content (AvgIpc) is 3.54. The Morgan fingerprint density at radius 1 is 1.13 bits per heavy atom. The molecule has 3 aromatic heterocycles. The van der Waals surface area contributed by atoms with E-state index in [-0.39, 0.29) is 11.8 Å². The number of nitrogens with one attached hydrogen (secondary N) is 2. The van der Waals surface area contributed by atoms with E-state index in [0.29, 0.717) is 29.3 Å². The van der Waals surface area contributed by atoms with Crippen LogP contribution in [0.5, 0.6) is 0 Å². The summed E-state index contributed by atoms with van der Waals surface area (Å²) < 4.78 is 2.63. The molecule has 0 saturated heterocycles. The summed E-state index contributed by atoms with van der Waals surface area (Å²) in [7, 11) is 0. The normalized spacial score (nSPS) is 10.7. The molecule has 158 valence electrons. The van der Waals surface area contributed by atoms with Crippen molar-refractivity contribution in [3.8, 4) is 0 Å². The van der Waals surface area contributed by atoms with Gasteiger partial charge in [0.1, 0.15) is 0 Å². The van der Waals surface area contributed by atoms with Gasteiger partial charge in [-0.2, -0.15) is 0 Å². The molecule has 3 heterocycles. The molecule has 2 N–H and O–H groups in total. The number of hydrogen-bond acceptors (Lipinski definition) is 8. The van der Waals surface area contributed by atoms with E-state index in [2.05, 4.69) is 31.9 Å². The van der Waals surface area contributed by atoms with Crippen molar-refractivity contribution in [1.82, 2.24) is 19.7 Å². The van der Waals surface area contributed by atoms with E-state index in [9.17, 15) is 9.59 Å². The number of nitrogens with zero attached hydrogens (tertiary/aromatic N) is 4. The third-order valence-electron chi connectivity index (χ3n) is 4.11. The van der Waals surface area contributed by atoms with Gasteiger partial charge in [0.05, 0.1) is 6.33 Å². The van der Waals surface area contributed by atoms with Gasteiger partial charge in [0.2, 0.25) is 11.0 Å². The van der Waals surface area contributed by atoms with Gasteiger partial charge in [0.15, 0.2) is 4.34 Å². The summed E-state index contributed by atoms with van der Waals surface area (Å²) in [5.41, 5.74) is 0.989. The first kappa shape index (κ1) is 21.2. The molecule has 0 radical (unpaired) electrons. The molecule has 0 aliphatic rings. The highest BCUT2D eigenvalue weighted by atomic mass is 32.2. The predicted molar refractivity (Wildman–Crippen MR) is 124 cm³/mol. The topological polar surface area (TPSA) is 102 Å². The van der Waals surface area contributed by atoms with Crippen molar-refractivity contribution in [2.24, 2.45) is 0 Å². The van der Waals surface area contributed by atoms with Crippen molar-refractivity contribution in [3.63, 3.8) is 0 Å². The number of aryl methyl sites for hydroxylation is 1. The standard InChI is InChI=1S/C20H18N6O2S3/c27-17(6-8-26-9-7-21-13-26)22-15-4-1-3-14(11-15)18(28)23-19-24-25-20(31-19)30-12-16-5-2-10-29-16/h1-5,7,9-11,13H,6,8,12H2,(H,22,27)(H,23,24,28). The van der Waals surface area contributed by atoms with Gasteiger partial charge >= 0.3 is 0 Å². The SMILES string of the molecule is O=C(CCn1ccnc1)Nc1cccc(C(=O)Nc2nnc(SCc3cccs3)s2)c1. The predicted octanol–water partition coefficient (Wildman–Crippen LogP) is 4.37. The molecular weight excluding hydrogens is 452 g/mol.